The average molecular weight is 380 g/mol. The van der Waals surface area contributed by atoms with Crippen molar-refractivity contribution < 1.29 is 9.53 Å². The van der Waals surface area contributed by atoms with Gasteiger partial charge in [0, 0.05) is 43.1 Å². The summed E-state index contributed by atoms with van der Waals surface area (Å²) in [6.07, 6.45) is 1.66. The number of hydrazone groups is 1. The summed E-state index contributed by atoms with van der Waals surface area (Å²) in [4.78, 5) is 16.8. The van der Waals surface area contributed by atoms with E-state index < -0.39 is 0 Å². The van der Waals surface area contributed by atoms with Gasteiger partial charge in [-0.05, 0) is 55.8 Å². The number of ether oxygens (including phenoxy) is 1. The van der Waals surface area contributed by atoms with Crippen molar-refractivity contribution in [3.63, 3.8) is 0 Å². The summed E-state index contributed by atoms with van der Waals surface area (Å²) >= 11 is 0. The molecule has 0 aromatic heterocycles. The highest BCUT2D eigenvalue weighted by Crippen LogP contribution is 2.16. The standard InChI is InChI=1S/C22H28N4O2/c1-3-25(4-2)20-11-7-19(8-12-20)22(27)24-23-17-18-5-9-21(10-6-18)26-13-15-28-16-14-26/h5-12,17H,3-4,13-16H2,1-2H3,(H,24,27)/b23-17-. The molecule has 1 heterocycles. The first kappa shape index (κ1) is 19.9. The van der Waals surface area contributed by atoms with Crippen LogP contribution in [-0.4, -0.2) is 51.5 Å². The van der Waals surface area contributed by atoms with Crippen molar-refractivity contribution in [3.05, 3.63) is 59.7 Å². The molecule has 0 aliphatic carbocycles. The minimum Gasteiger partial charge on any atom is -0.378 e. The molecule has 0 unspecified atom stereocenters. The molecule has 1 N–H and O–H groups in total. The smallest absolute Gasteiger partial charge is 0.271 e. The summed E-state index contributed by atoms with van der Waals surface area (Å²) in [5.74, 6) is -0.215. The van der Waals surface area contributed by atoms with Crippen LogP contribution in [0.4, 0.5) is 11.4 Å². The average Bonchev–Trinajstić information content (AvgIpc) is 2.76. The first-order chi connectivity index (χ1) is 13.7. The van der Waals surface area contributed by atoms with Gasteiger partial charge in [-0.15, -0.1) is 0 Å². The number of carbonyl (C=O) groups is 1. The van der Waals surface area contributed by atoms with Crippen LogP contribution in [0.25, 0.3) is 0 Å². The van der Waals surface area contributed by atoms with Crippen LogP contribution in [0.2, 0.25) is 0 Å². The molecular formula is C22H28N4O2. The number of hydrogen-bond donors (Lipinski definition) is 1. The highest BCUT2D eigenvalue weighted by Gasteiger charge is 2.10. The minimum absolute atomic E-state index is 0.215. The van der Waals surface area contributed by atoms with Crippen molar-refractivity contribution in [2.75, 3.05) is 49.2 Å². The quantitative estimate of drug-likeness (QED) is 0.592. The summed E-state index contributed by atoms with van der Waals surface area (Å²) in [5, 5.41) is 4.08. The molecule has 1 saturated heterocycles. The van der Waals surface area contributed by atoms with Gasteiger partial charge in [0.05, 0.1) is 19.4 Å². The van der Waals surface area contributed by atoms with E-state index >= 15 is 0 Å². The Morgan fingerprint density at radius 3 is 2.32 bits per heavy atom. The van der Waals surface area contributed by atoms with Crippen LogP contribution >= 0.6 is 0 Å². The highest BCUT2D eigenvalue weighted by molar-refractivity contribution is 5.95. The molecule has 0 radical (unpaired) electrons. The molecule has 1 amide bonds. The number of hydrogen-bond acceptors (Lipinski definition) is 5. The summed E-state index contributed by atoms with van der Waals surface area (Å²) in [7, 11) is 0. The van der Waals surface area contributed by atoms with Crippen LogP contribution in [-0.2, 0) is 4.74 Å². The van der Waals surface area contributed by atoms with Crippen LogP contribution in [0.3, 0.4) is 0 Å². The van der Waals surface area contributed by atoms with Crippen molar-refractivity contribution in [1.29, 1.82) is 0 Å². The predicted octanol–water partition coefficient (Wildman–Crippen LogP) is 3.13. The van der Waals surface area contributed by atoms with E-state index in [2.05, 4.69) is 46.3 Å². The molecule has 2 aromatic carbocycles. The molecular weight excluding hydrogens is 352 g/mol. The SMILES string of the molecule is CCN(CC)c1ccc(C(=O)N/N=C\c2ccc(N3CCOCC3)cc2)cc1. The molecule has 3 rings (SSSR count). The van der Waals surface area contributed by atoms with Gasteiger partial charge in [0.25, 0.3) is 5.91 Å². The zero-order valence-corrected chi connectivity index (χ0v) is 16.6. The minimum atomic E-state index is -0.215. The molecule has 1 fully saturated rings. The lowest BCUT2D eigenvalue weighted by Crippen LogP contribution is -2.36. The summed E-state index contributed by atoms with van der Waals surface area (Å²) < 4.78 is 5.38. The Bertz CT molecular complexity index is 777. The largest absolute Gasteiger partial charge is 0.378 e. The van der Waals surface area contributed by atoms with Crippen molar-refractivity contribution in [2.24, 2.45) is 5.10 Å². The normalized spacial score (nSPS) is 14.3. The topological polar surface area (TPSA) is 57.2 Å². The van der Waals surface area contributed by atoms with Gasteiger partial charge in [-0.3, -0.25) is 4.79 Å². The lowest BCUT2D eigenvalue weighted by atomic mass is 10.2. The fourth-order valence-corrected chi connectivity index (χ4v) is 3.24. The molecule has 0 spiro atoms. The molecule has 6 heteroatoms. The van der Waals surface area contributed by atoms with Gasteiger partial charge in [-0.2, -0.15) is 5.10 Å². The van der Waals surface area contributed by atoms with Gasteiger partial charge in [0.15, 0.2) is 0 Å². The van der Waals surface area contributed by atoms with Gasteiger partial charge in [0.1, 0.15) is 0 Å². The Morgan fingerprint density at radius 1 is 1.07 bits per heavy atom. The molecule has 0 atom stereocenters. The molecule has 0 saturated carbocycles. The lowest BCUT2D eigenvalue weighted by Gasteiger charge is -2.28. The number of nitrogens with zero attached hydrogens (tertiary/aromatic N) is 3. The fourth-order valence-electron chi connectivity index (χ4n) is 3.24. The van der Waals surface area contributed by atoms with Crippen molar-refractivity contribution in [1.82, 2.24) is 5.43 Å². The number of benzene rings is 2. The van der Waals surface area contributed by atoms with E-state index in [4.69, 9.17) is 4.74 Å². The van der Waals surface area contributed by atoms with Gasteiger partial charge in [-0.1, -0.05) is 12.1 Å². The first-order valence-corrected chi connectivity index (χ1v) is 9.82. The highest BCUT2D eigenvalue weighted by atomic mass is 16.5. The molecule has 2 aromatic rings. The van der Waals surface area contributed by atoms with Crippen LogP contribution in [0.1, 0.15) is 29.8 Å². The molecule has 6 nitrogen and oxygen atoms in total. The van der Waals surface area contributed by atoms with E-state index in [0.717, 1.165) is 50.6 Å². The predicted molar refractivity (Wildman–Crippen MR) is 115 cm³/mol. The van der Waals surface area contributed by atoms with E-state index in [0.29, 0.717) is 5.56 Å². The van der Waals surface area contributed by atoms with Gasteiger partial charge in [0.2, 0.25) is 0 Å². The number of morpholine rings is 1. The van der Waals surface area contributed by atoms with Crippen LogP contribution in [0.5, 0.6) is 0 Å². The third-order valence-corrected chi connectivity index (χ3v) is 4.91. The number of nitrogens with one attached hydrogen (secondary N) is 1. The fraction of sp³-hybridized carbons (Fsp3) is 0.364. The maximum Gasteiger partial charge on any atom is 0.271 e. The van der Waals surface area contributed by atoms with Crippen molar-refractivity contribution >= 4 is 23.5 Å². The number of amides is 1. The third kappa shape index (κ3) is 5.10. The van der Waals surface area contributed by atoms with Crippen molar-refractivity contribution in [2.45, 2.75) is 13.8 Å². The Hall–Kier alpha value is -2.86. The Balaban J connectivity index is 1.54. The lowest BCUT2D eigenvalue weighted by molar-refractivity contribution is 0.0955. The molecule has 28 heavy (non-hydrogen) atoms. The zero-order chi connectivity index (χ0) is 19.8. The number of rotatable bonds is 7. The van der Waals surface area contributed by atoms with Gasteiger partial charge >= 0.3 is 0 Å². The second-order valence-electron chi connectivity index (χ2n) is 6.61. The summed E-state index contributed by atoms with van der Waals surface area (Å²) in [6.45, 7) is 9.48. The van der Waals surface area contributed by atoms with E-state index in [1.54, 1.807) is 6.21 Å². The van der Waals surface area contributed by atoms with Crippen LogP contribution < -0.4 is 15.2 Å². The number of anilines is 2. The molecule has 1 aliphatic heterocycles. The Labute approximate surface area is 166 Å². The second kappa shape index (κ2) is 9.90. The maximum atomic E-state index is 12.3. The zero-order valence-electron chi connectivity index (χ0n) is 16.6. The van der Waals surface area contributed by atoms with Crippen LogP contribution in [0, 0.1) is 0 Å². The molecule has 1 aliphatic rings. The summed E-state index contributed by atoms with van der Waals surface area (Å²) in [6, 6.07) is 15.7. The third-order valence-electron chi connectivity index (χ3n) is 4.91. The maximum absolute atomic E-state index is 12.3. The molecule has 0 bridgehead atoms. The van der Waals surface area contributed by atoms with Gasteiger partial charge in [-0.25, -0.2) is 5.43 Å². The Kier molecular flexibility index (Phi) is 7.03. The van der Waals surface area contributed by atoms with Crippen LogP contribution in [0.15, 0.2) is 53.6 Å². The van der Waals surface area contributed by atoms with E-state index in [-0.39, 0.29) is 5.91 Å². The monoisotopic (exact) mass is 380 g/mol. The number of carbonyl (C=O) groups excluding carboxylic acids is 1. The second-order valence-corrected chi connectivity index (χ2v) is 6.61. The Morgan fingerprint density at radius 2 is 1.71 bits per heavy atom. The summed E-state index contributed by atoms with van der Waals surface area (Å²) in [5.41, 5.74) is 6.42. The van der Waals surface area contributed by atoms with Crippen molar-refractivity contribution in [3.8, 4) is 0 Å². The van der Waals surface area contributed by atoms with E-state index in [1.807, 2.05) is 36.4 Å². The van der Waals surface area contributed by atoms with E-state index in [9.17, 15) is 4.79 Å². The van der Waals surface area contributed by atoms with E-state index in [1.165, 1.54) is 5.69 Å². The molecule has 148 valence electrons. The van der Waals surface area contributed by atoms with Gasteiger partial charge < -0.3 is 14.5 Å². The first-order valence-electron chi connectivity index (χ1n) is 9.82.